The molecule has 2 heterocycles. The topological polar surface area (TPSA) is 141 Å². The normalized spacial score (nSPS) is 17.0. The number of nitrogens with one attached hydrogen (secondary N) is 3. The van der Waals surface area contributed by atoms with Gasteiger partial charge >= 0.3 is 12.0 Å². The van der Waals surface area contributed by atoms with Crippen molar-refractivity contribution in [3.8, 4) is 0 Å². The fraction of sp³-hybridized carbons (Fsp3) is 0.387. The first-order valence-corrected chi connectivity index (χ1v) is 14.0. The molecule has 3 amide bonds. The number of hydrogen-bond acceptors (Lipinski definition) is 4. The highest BCUT2D eigenvalue weighted by molar-refractivity contribution is 5.91. The van der Waals surface area contributed by atoms with Gasteiger partial charge in [-0.1, -0.05) is 54.6 Å². The summed E-state index contributed by atoms with van der Waals surface area (Å²) < 4.78 is 0. The molecular weight excluding hydrogens is 506 g/mol. The molecule has 1 saturated heterocycles. The van der Waals surface area contributed by atoms with Gasteiger partial charge in [-0.3, -0.25) is 4.79 Å². The zero-order valence-corrected chi connectivity index (χ0v) is 22.6. The van der Waals surface area contributed by atoms with Crippen molar-refractivity contribution in [3.63, 3.8) is 0 Å². The SMILES string of the molecule is NCCCCC(NC(=O)[C@H](Cc1c[nH]c2ccccc12)NC(=O)N1CCC2(C=Cc3ccccc32)CC1)C(=O)O. The van der Waals surface area contributed by atoms with Crippen LogP contribution in [0.25, 0.3) is 17.0 Å². The number of nitrogens with zero attached hydrogens (tertiary/aromatic N) is 1. The molecular formula is C31H37N5O4. The van der Waals surface area contributed by atoms with Crippen LogP contribution in [-0.4, -0.2) is 64.6 Å². The number of benzene rings is 2. The highest BCUT2D eigenvalue weighted by Gasteiger charge is 2.39. The Labute approximate surface area is 233 Å². The number of rotatable bonds is 10. The van der Waals surface area contributed by atoms with Crippen molar-refractivity contribution in [3.05, 3.63) is 77.5 Å². The molecule has 6 N–H and O–H groups in total. The van der Waals surface area contributed by atoms with Crippen LogP contribution in [0, 0.1) is 0 Å². The molecule has 2 aliphatic rings. The van der Waals surface area contributed by atoms with Gasteiger partial charge in [-0.15, -0.1) is 0 Å². The molecule has 1 aliphatic heterocycles. The van der Waals surface area contributed by atoms with Crippen molar-refractivity contribution in [2.24, 2.45) is 5.73 Å². The van der Waals surface area contributed by atoms with Gasteiger partial charge in [-0.2, -0.15) is 0 Å². The fourth-order valence-corrected chi connectivity index (χ4v) is 5.97. The highest BCUT2D eigenvalue weighted by Crippen LogP contribution is 2.43. The quantitative estimate of drug-likeness (QED) is 0.249. The number of para-hydroxylation sites is 1. The predicted molar refractivity (Wildman–Crippen MR) is 155 cm³/mol. The molecule has 1 unspecified atom stereocenters. The summed E-state index contributed by atoms with van der Waals surface area (Å²) in [6, 6.07) is 13.8. The number of hydrogen-bond donors (Lipinski definition) is 5. The molecule has 2 aromatic carbocycles. The molecule has 1 fully saturated rings. The third kappa shape index (κ3) is 5.74. The van der Waals surface area contributed by atoms with Gasteiger partial charge in [-0.05, 0) is 61.4 Å². The average molecular weight is 544 g/mol. The number of carbonyl (C=O) groups excluding carboxylic acids is 2. The Morgan fingerprint density at radius 2 is 1.75 bits per heavy atom. The van der Waals surface area contributed by atoms with Crippen LogP contribution < -0.4 is 16.4 Å². The Morgan fingerprint density at radius 1 is 1.00 bits per heavy atom. The van der Waals surface area contributed by atoms with E-state index in [1.54, 1.807) is 4.90 Å². The molecule has 1 aliphatic carbocycles. The van der Waals surface area contributed by atoms with Crippen LogP contribution >= 0.6 is 0 Å². The molecule has 5 rings (SSSR count). The number of likely N-dealkylation sites (tertiary alicyclic amines) is 1. The number of H-pyrrole nitrogens is 1. The van der Waals surface area contributed by atoms with E-state index in [1.807, 2.05) is 36.5 Å². The summed E-state index contributed by atoms with van der Waals surface area (Å²) in [7, 11) is 0. The number of amides is 3. The summed E-state index contributed by atoms with van der Waals surface area (Å²) >= 11 is 0. The van der Waals surface area contributed by atoms with Crippen molar-refractivity contribution in [2.45, 2.75) is 56.0 Å². The minimum atomic E-state index is -1.10. The Balaban J connectivity index is 1.29. The van der Waals surface area contributed by atoms with E-state index in [0.29, 0.717) is 32.5 Å². The molecule has 0 bridgehead atoms. The zero-order chi connectivity index (χ0) is 28.1. The van der Waals surface area contributed by atoms with Crippen LogP contribution in [-0.2, 0) is 21.4 Å². The number of allylic oxidation sites excluding steroid dienone is 1. The van der Waals surface area contributed by atoms with Crippen molar-refractivity contribution in [2.75, 3.05) is 19.6 Å². The second-order valence-electron chi connectivity index (χ2n) is 10.8. The number of aromatic amines is 1. The highest BCUT2D eigenvalue weighted by atomic mass is 16.4. The third-order valence-corrected chi connectivity index (χ3v) is 8.30. The standard InChI is InChI=1S/C31H37N5O4/c32-16-6-5-11-26(29(38)39)34-28(37)27(19-22-20-33-25-10-4-2-8-23(22)25)35-30(40)36-17-14-31(15-18-36)13-12-21-7-1-3-9-24(21)31/h1-4,7-10,12-13,20,26-27,33H,5-6,11,14-19,32H2,(H,34,37)(H,35,40)(H,38,39)/t26?,27-/m0/s1. The van der Waals surface area contributed by atoms with Crippen LogP contribution in [0.5, 0.6) is 0 Å². The first kappa shape index (κ1) is 27.5. The fourth-order valence-electron chi connectivity index (χ4n) is 5.97. The molecule has 0 radical (unpaired) electrons. The Hall–Kier alpha value is -4.11. The Bertz CT molecular complexity index is 1410. The van der Waals surface area contributed by atoms with Gasteiger partial charge in [0.15, 0.2) is 0 Å². The summed E-state index contributed by atoms with van der Waals surface area (Å²) in [6.45, 7) is 1.57. The van der Waals surface area contributed by atoms with Crippen LogP contribution in [0.15, 0.2) is 60.8 Å². The van der Waals surface area contributed by atoms with Gasteiger partial charge in [0.05, 0.1) is 0 Å². The number of fused-ring (bicyclic) bond motifs is 3. The Kier molecular flexibility index (Phi) is 8.21. The van der Waals surface area contributed by atoms with Crippen LogP contribution in [0.3, 0.4) is 0 Å². The maximum atomic E-state index is 13.5. The van der Waals surface area contributed by atoms with Crippen molar-refractivity contribution < 1.29 is 19.5 Å². The molecule has 40 heavy (non-hydrogen) atoms. The predicted octanol–water partition coefficient (Wildman–Crippen LogP) is 3.55. The van der Waals surface area contributed by atoms with E-state index in [1.165, 1.54) is 11.1 Å². The smallest absolute Gasteiger partial charge is 0.326 e. The maximum absolute atomic E-state index is 13.5. The summed E-state index contributed by atoms with van der Waals surface area (Å²) in [5.74, 6) is -1.62. The van der Waals surface area contributed by atoms with E-state index in [4.69, 9.17) is 5.73 Å². The lowest BCUT2D eigenvalue weighted by Gasteiger charge is -2.39. The van der Waals surface area contributed by atoms with E-state index in [0.717, 1.165) is 29.3 Å². The lowest BCUT2D eigenvalue weighted by molar-refractivity contribution is -0.142. The summed E-state index contributed by atoms with van der Waals surface area (Å²) in [4.78, 5) is 43.8. The number of unbranched alkanes of at least 4 members (excludes halogenated alkanes) is 1. The minimum absolute atomic E-state index is 0.0631. The lowest BCUT2D eigenvalue weighted by Crippen LogP contribution is -2.56. The molecule has 3 aromatic rings. The van der Waals surface area contributed by atoms with Crippen molar-refractivity contribution in [1.82, 2.24) is 20.5 Å². The summed E-state index contributed by atoms with van der Waals surface area (Å²) in [5.41, 5.74) is 9.83. The molecule has 1 spiro atoms. The van der Waals surface area contributed by atoms with E-state index in [9.17, 15) is 19.5 Å². The number of carbonyl (C=O) groups is 3. The van der Waals surface area contributed by atoms with Gasteiger partial charge in [0.25, 0.3) is 0 Å². The van der Waals surface area contributed by atoms with Crippen molar-refractivity contribution in [1.29, 1.82) is 0 Å². The van der Waals surface area contributed by atoms with E-state index in [-0.39, 0.29) is 24.3 Å². The number of piperidine rings is 1. The number of carboxylic acid groups (broad SMARTS) is 1. The zero-order valence-electron chi connectivity index (χ0n) is 22.6. The van der Waals surface area contributed by atoms with Gasteiger partial charge in [-0.25, -0.2) is 9.59 Å². The number of carboxylic acids is 1. The van der Waals surface area contributed by atoms with Crippen LogP contribution in [0.2, 0.25) is 0 Å². The first-order valence-electron chi connectivity index (χ1n) is 14.0. The second-order valence-corrected chi connectivity index (χ2v) is 10.8. The van der Waals surface area contributed by atoms with Crippen LogP contribution in [0.1, 0.15) is 48.8 Å². The minimum Gasteiger partial charge on any atom is -0.480 e. The summed E-state index contributed by atoms with van der Waals surface area (Å²) in [5, 5.41) is 16.3. The maximum Gasteiger partial charge on any atom is 0.326 e. The third-order valence-electron chi connectivity index (χ3n) is 8.30. The molecule has 0 saturated carbocycles. The molecule has 9 nitrogen and oxygen atoms in total. The molecule has 210 valence electrons. The van der Waals surface area contributed by atoms with Gasteiger partial charge < -0.3 is 31.4 Å². The number of aromatic nitrogens is 1. The first-order chi connectivity index (χ1) is 19.4. The van der Waals surface area contributed by atoms with Gasteiger partial charge in [0.1, 0.15) is 12.1 Å². The van der Waals surface area contributed by atoms with Gasteiger partial charge in [0, 0.05) is 42.0 Å². The Morgan fingerprint density at radius 3 is 2.52 bits per heavy atom. The number of aliphatic carboxylic acids is 1. The average Bonchev–Trinajstić information content (AvgIpc) is 3.54. The monoisotopic (exact) mass is 543 g/mol. The van der Waals surface area contributed by atoms with Gasteiger partial charge in [0.2, 0.25) is 5.91 Å². The molecule has 9 heteroatoms. The van der Waals surface area contributed by atoms with Crippen molar-refractivity contribution >= 4 is 34.9 Å². The lowest BCUT2D eigenvalue weighted by atomic mass is 9.74. The van der Waals surface area contributed by atoms with E-state index >= 15 is 0 Å². The van der Waals surface area contributed by atoms with E-state index in [2.05, 4.69) is 46.0 Å². The number of nitrogens with two attached hydrogens (primary N) is 1. The molecule has 2 atom stereocenters. The summed E-state index contributed by atoms with van der Waals surface area (Å²) in [6.07, 6.45) is 9.62. The largest absolute Gasteiger partial charge is 0.480 e. The number of urea groups is 1. The second kappa shape index (κ2) is 12.0. The van der Waals surface area contributed by atoms with Crippen LogP contribution in [0.4, 0.5) is 4.79 Å². The molecule has 1 aromatic heterocycles. The van der Waals surface area contributed by atoms with E-state index < -0.39 is 24.0 Å².